The standard InChI is InChI=1S/C16H25NO4/c1-5-6-17-13(9-14(18)19)15(20)12-8-10(2)7-11(3)16(12)21-4/h7-8,13,15,17,20H,5-6,9H2,1-4H3,(H,18,19). The van der Waals surface area contributed by atoms with E-state index in [2.05, 4.69) is 5.32 Å². The number of benzene rings is 1. The molecule has 118 valence electrons. The van der Waals surface area contributed by atoms with Crippen LogP contribution in [0.15, 0.2) is 12.1 Å². The number of hydrogen-bond acceptors (Lipinski definition) is 4. The topological polar surface area (TPSA) is 78.8 Å². The van der Waals surface area contributed by atoms with E-state index in [1.54, 1.807) is 7.11 Å². The van der Waals surface area contributed by atoms with Crippen LogP contribution in [0, 0.1) is 13.8 Å². The fraction of sp³-hybridized carbons (Fsp3) is 0.562. The average molecular weight is 295 g/mol. The molecule has 0 aliphatic rings. The predicted molar refractivity (Wildman–Crippen MR) is 81.8 cm³/mol. The molecule has 0 spiro atoms. The summed E-state index contributed by atoms with van der Waals surface area (Å²) >= 11 is 0. The van der Waals surface area contributed by atoms with E-state index < -0.39 is 18.1 Å². The highest BCUT2D eigenvalue weighted by atomic mass is 16.5. The summed E-state index contributed by atoms with van der Waals surface area (Å²) in [6.45, 7) is 6.50. The first-order valence-electron chi connectivity index (χ1n) is 7.19. The van der Waals surface area contributed by atoms with E-state index in [0.717, 1.165) is 17.5 Å². The number of aliphatic hydroxyl groups excluding tert-OH is 1. The Labute approximate surface area is 125 Å². The first kappa shape index (κ1) is 17.5. The second-order valence-electron chi connectivity index (χ2n) is 5.31. The van der Waals surface area contributed by atoms with Crippen molar-refractivity contribution in [2.45, 2.75) is 45.8 Å². The molecule has 0 bridgehead atoms. The molecule has 0 aliphatic heterocycles. The first-order valence-corrected chi connectivity index (χ1v) is 7.19. The zero-order chi connectivity index (χ0) is 16.0. The third kappa shape index (κ3) is 4.72. The van der Waals surface area contributed by atoms with E-state index in [0.29, 0.717) is 17.9 Å². The second-order valence-corrected chi connectivity index (χ2v) is 5.31. The van der Waals surface area contributed by atoms with Crippen molar-refractivity contribution >= 4 is 5.97 Å². The number of methoxy groups -OCH3 is 1. The molecule has 0 amide bonds. The van der Waals surface area contributed by atoms with Crippen molar-refractivity contribution in [3.63, 3.8) is 0 Å². The molecule has 3 N–H and O–H groups in total. The number of carboxylic acid groups (broad SMARTS) is 1. The fourth-order valence-corrected chi connectivity index (χ4v) is 2.52. The van der Waals surface area contributed by atoms with Gasteiger partial charge in [0.15, 0.2) is 0 Å². The van der Waals surface area contributed by atoms with Gasteiger partial charge in [0.25, 0.3) is 0 Å². The van der Waals surface area contributed by atoms with Crippen LogP contribution in [0.2, 0.25) is 0 Å². The maximum Gasteiger partial charge on any atom is 0.305 e. The molecule has 21 heavy (non-hydrogen) atoms. The molecule has 0 heterocycles. The number of aliphatic carboxylic acids is 1. The minimum Gasteiger partial charge on any atom is -0.496 e. The van der Waals surface area contributed by atoms with Gasteiger partial charge >= 0.3 is 5.97 Å². The Kier molecular flexibility index (Phi) is 6.65. The van der Waals surface area contributed by atoms with Gasteiger partial charge in [-0.3, -0.25) is 4.79 Å². The fourth-order valence-electron chi connectivity index (χ4n) is 2.52. The normalized spacial score (nSPS) is 13.8. The molecule has 2 unspecified atom stereocenters. The molecule has 0 saturated carbocycles. The van der Waals surface area contributed by atoms with Crippen molar-refractivity contribution < 1.29 is 19.7 Å². The molecule has 1 aromatic rings. The van der Waals surface area contributed by atoms with Gasteiger partial charge in [-0.2, -0.15) is 0 Å². The highest BCUT2D eigenvalue weighted by Gasteiger charge is 2.26. The monoisotopic (exact) mass is 295 g/mol. The molecule has 0 saturated heterocycles. The Hall–Kier alpha value is -1.59. The van der Waals surface area contributed by atoms with E-state index in [4.69, 9.17) is 9.84 Å². The van der Waals surface area contributed by atoms with Gasteiger partial charge in [-0.1, -0.05) is 18.6 Å². The molecule has 0 radical (unpaired) electrons. The summed E-state index contributed by atoms with van der Waals surface area (Å²) in [6.07, 6.45) is -0.203. The van der Waals surface area contributed by atoms with E-state index in [9.17, 15) is 9.90 Å². The molecule has 5 heteroatoms. The largest absolute Gasteiger partial charge is 0.496 e. The number of carbonyl (C=O) groups is 1. The molecule has 2 atom stereocenters. The summed E-state index contributed by atoms with van der Waals surface area (Å²) < 4.78 is 5.38. The quantitative estimate of drug-likeness (QED) is 0.685. The Morgan fingerprint density at radius 2 is 2.05 bits per heavy atom. The molecule has 1 rings (SSSR count). The van der Waals surface area contributed by atoms with E-state index >= 15 is 0 Å². The molecule has 0 aromatic heterocycles. The summed E-state index contributed by atoms with van der Waals surface area (Å²) in [6, 6.07) is 3.28. The van der Waals surface area contributed by atoms with Gasteiger partial charge < -0.3 is 20.3 Å². The number of rotatable bonds is 8. The summed E-state index contributed by atoms with van der Waals surface area (Å²) in [5.41, 5.74) is 2.56. The lowest BCUT2D eigenvalue weighted by Crippen LogP contribution is -2.37. The van der Waals surface area contributed by atoms with Crippen molar-refractivity contribution in [1.82, 2.24) is 5.32 Å². The van der Waals surface area contributed by atoms with E-state index in [1.165, 1.54) is 0 Å². The summed E-state index contributed by atoms with van der Waals surface area (Å²) in [7, 11) is 1.56. The number of carboxylic acids is 1. The zero-order valence-electron chi connectivity index (χ0n) is 13.1. The van der Waals surface area contributed by atoms with E-state index in [1.807, 2.05) is 32.9 Å². The Morgan fingerprint density at radius 3 is 2.57 bits per heavy atom. The Bertz CT molecular complexity index is 487. The first-order chi connectivity index (χ1) is 9.90. The van der Waals surface area contributed by atoms with Crippen molar-refractivity contribution in [2.75, 3.05) is 13.7 Å². The van der Waals surface area contributed by atoms with Crippen LogP contribution in [0.1, 0.15) is 42.6 Å². The highest BCUT2D eigenvalue weighted by molar-refractivity contribution is 5.67. The van der Waals surface area contributed by atoms with E-state index in [-0.39, 0.29) is 6.42 Å². The molecule has 0 fully saturated rings. The van der Waals surface area contributed by atoms with Crippen molar-refractivity contribution in [1.29, 1.82) is 0 Å². The van der Waals surface area contributed by atoms with Crippen LogP contribution in [0.3, 0.4) is 0 Å². The van der Waals surface area contributed by atoms with Gasteiger partial charge in [-0.25, -0.2) is 0 Å². The van der Waals surface area contributed by atoms with Gasteiger partial charge in [-0.05, 0) is 38.4 Å². The summed E-state index contributed by atoms with van der Waals surface area (Å²) in [5.74, 6) is -0.326. The molecular weight excluding hydrogens is 270 g/mol. The van der Waals surface area contributed by atoms with Crippen LogP contribution in [-0.4, -0.2) is 35.9 Å². The van der Waals surface area contributed by atoms with Crippen LogP contribution in [0.25, 0.3) is 0 Å². The van der Waals surface area contributed by atoms with Crippen molar-refractivity contribution in [3.05, 3.63) is 28.8 Å². The van der Waals surface area contributed by atoms with Gasteiger partial charge in [0.2, 0.25) is 0 Å². The van der Waals surface area contributed by atoms with Gasteiger partial charge in [-0.15, -0.1) is 0 Å². The molecule has 0 aliphatic carbocycles. The van der Waals surface area contributed by atoms with Crippen molar-refractivity contribution in [2.24, 2.45) is 0 Å². The number of aliphatic hydroxyl groups is 1. The number of nitrogens with one attached hydrogen (secondary N) is 1. The minimum atomic E-state index is -0.939. The second kappa shape index (κ2) is 8.00. The third-order valence-electron chi connectivity index (χ3n) is 3.40. The molecular formula is C16H25NO4. The zero-order valence-corrected chi connectivity index (χ0v) is 13.1. The Balaban J connectivity index is 3.12. The maximum absolute atomic E-state index is 11.0. The third-order valence-corrected chi connectivity index (χ3v) is 3.40. The van der Waals surface area contributed by atoms with Gasteiger partial charge in [0.05, 0.1) is 19.6 Å². The summed E-state index contributed by atoms with van der Waals surface area (Å²) in [4.78, 5) is 11.0. The lowest BCUT2D eigenvalue weighted by atomic mass is 9.95. The lowest BCUT2D eigenvalue weighted by Gasteiger charge is -2.25. The van der Waals surface area contributed by atoms with Crippen LogP contribution >= 0.6 is 0 Å². The number of hydrogen-bond donors (Lipinski definition) is 3. The highest BCUT2D eigenvalue weighted by Crippen LogP contribution is 2.32. The van der Waals surface area contributed by atoms with Crippen LogP contribution in [0.4, 0.5) is 0 Å². The predicted octanol–water partition coefficient (Wildman–Crippen LogP) is 2.19. The van der Waals surface area contributed by atoms with Crippen molar-refractivity contribution in [3.8, 4) is 5.75 Å². The SMILES string of the molecule is CCCNC(CC(=O)O)C(O)c1cc(C)cc(C)c1OC. The molecule has 5 nitrogen and oxygen atoms in total. The molecule has 1 aromatic carbocycles. The minimum absolute atomic E-state index is 0.142. The Morgan fingerprint density at radius 1 is 1.38 bits per heavy atom. The van der Waals surface area contributed by atoms with Gasteiger partial charge in [0, 0.05) is 11.6 Å². The van der Waals surface area contributed by atoms with Gasteiger partial charge in [0.1, 0.15) is 5.75 Å². The average Bonchev–Trinajstić information content (AvgIpc) is 2.41. The number of aryl methyl sites for hydroxylation is 2. The summed E-state index contributed by atoms with van der Waals surface area (Å²) in [5, 5.41) is 22.7. The van der Waals surface area contributed by atoms with Crippen LogP contribution in [-0.2, 0) is 4.79 Å². The van der Waals surface area contributed by atoms with Crippen LogP contribution in [0.5, 0.6) is 5.75 Å². The van der Waals surface area contributed by atoms with Crippen LogP contribution < -0.4 is 10.1 Å². The maximum atomic E-state index is 11.0. The smallest absolute Gasteiger partial charge is 0.305 e. The number of ether oxygens (including phenoxy) is 1. The lowest BCUT2D eigenvalue weighted by molar-refractivity contribution is -0.138.